The fourth-order valence-electron chi connectivity index (χ4n) is 3.66. The van der Waals surface area contributed by atoms with E-state index in [2.05, 4.69) is 0 Å². The first-order valence-electron chi connectivity index (χ1n) is 9.39. The summed E-state index contributed by atoms with van der Waals surface area (Å²) in [5, 5.41) is 1.45. The fourth-order valence-corrected chi connectivity index (χ4v) is 3.66. The molecule has 0 atom stereocenters. The summed E-state index contributed by atoms with van der Waals surface area (Å²) >= 11 is 0. The van der Waals surface area contributed by atoms with E-state index in [9.17, 15) is 22.0 Å². The zero-order valence-corrected chi connectivity index (χ0v) is 15.6. The summed E-state index contributed by atoms with van der Waals surface area (Å²) in [5.41, 5.74) is 0.962. The van der Waals surface area contributed by atoms with Crippen molar-refractivity contribution in [1.82, 2.24) is 0 Å². The van der Waals surface area contributed by atoms with E-state index in [1.54, 1.807) is 24.3 Å². The molecule has 0 nitrogen and oxygen atoms in total. The van der Waals surface area contributed by atoms with Crippen LogP contribution in [0, 0.1) is 29.1 Å². The molecule has 0 bridgehead atoms. The van der Waals surface area contributed by atoms with Crippen LogP contribution < -0.4 is 0 Å². The van der Waals surface area contributed by atoms with E-state index in [0.29, 0.717) is 28.3 Å². The van der Waals surface area contributed by atoms with E-state index >= 15 is 0 Å². The maximum atomic E-state index is 14.9. The van der Waals surface area contributed by atoms with E-state index in [4.69, 9.17) is 0 Å². The lowest BCUT2D eigenvalue weighted by Gasteiger charge is -2.11. The zero-order valence-electron chi connectivity index (χ0n) is 15.6. The molecule has 0 aliphatic carbocycles. The number of benzene rings is 4. The van der Waals surface area contributed by atoms with Crippen LogP contribution in [0.5, 0.6) is 0 Å². The normalized spacial score (nSPS) is 11.5. The summed E-state index contributed by atoms with van der Waals surface area (Å²) in [6.45, 7) is 2.02. The predicted molar refractivity (Wildman–Crippen MR) is 105 cm³/mol. The molecule has 0 unspecified atom stereocenters. The van der Waals surface area contributed by atoms with Crippen LogP contribution in [0.15, 0.2) is 48.5 Å². The highest BCUT2D eigenvalue weighted by molar-refractivity contribution is 6.09. The number of unbranched alkanes of at least 4 members (excludes halogenated alkanes) is 1. The maximum absolute atomic E-state index is 14.9. The number of aryl methyl sites for hydroxylation is 1. The SMILES string of the molecule is CCCCc1ccc2c(cc(F)c3cc(-c4cc(F)c(F)c(F)c4)ccc32)c1F. The molecule has 0 aliphatic heterocycles. The number of rotatable bonds is 4. The third kappa shape index (κ3) is 3.35. The Morgan fingerprint density at radius 1 is 0.586 bits per heavy atom. The van der Waals surface area contributed by atoms with Gasteiger partial charge in [0.05, 0.1) is 0 Å². The van der Waals surface area contributed by atoms with E-state index in [0.717, 1.165) is 31.0 Å². The lowest BCUT2D eigenvalue weighted by atomic mass is 9.95. The molecule has 0 spiro atoms. The first-order valence-corrected chi connectivity index (χ1v) is 9.39. The molecular formula is C24H17F5. The van der Waals surface area contributed by atoms with E-state index in [1.807, 2.05) is 6.92 Å². The summed E-state index contributed by atoms with van der Waals surface area (Å²) in [6.07, 6.45) is 2.35. The highest BCUT2D eigenvalue weighted by atomic mass is 19.2. The standard InChI is InChI=1S/C24H17F5/c1-2-3-4-13-5-7-17-16-8-6-14(15-10-21(26)24(29)22(27)11-15)9-18(16)20(25)12-19(17)23(13)28/h5-12H,2-4H2,1H3. The van der Waals surface area contributed by atoms with Crippen LogP contribution in [-0.2, 0) is 6.42 Å². The Bertz CT molecular complexity index is 1220. The van der Waals surface area contributed by atoms with Gasteiger partial charge in [-0.25, -0.2) is 22.0 Å². The minimum Gasteiger partial charge on any atom is -0.206 e. The predicted octanol–water partition coefficient (Wildman–Crippen LogP) is 7.70. The van der Waals surface area contributed by atoms with Crippen LogP contribution in [0.4, 0.5) is 22.0 Å². The van der Waals surface area contributed by atoms with Gasteiger partial charge in [0.1, 0.15) is 11.6 Å². The molecule has 4 rings (SSSR count). The molecular weight excluding hydrogens is 383 g/mol. The van der Waals surface area contributed by atoms with Gasteiger partial charge in [-0.15, -0.1) is 0 Å². The van der Waals surface area contributed by atoms with Crippen molar-refractivity contribution in [2.24, 2.45) is 0 Å². The average Bonchev–Trinajstić information content (AvgIpc) is 2.71. The van der Waals surface area contributed by atoms with Crippen molar-refractivity contribution < 1.29 is 22.0 Å². The van der Waals surface area contributed by atoms with Gasteiger partial charge in [0.25, 0.3) is 0 Å². The smallest absolute Gasteiger partial charge is 0.194 e. The van der Waals surface area contributed by atoms with Gasteiger partial charge >= 0.3 is 0 Å². The van der Waals surface area contributed by atoms with Crippen molar-refractivity contribution >= 4 is 21.5 Å². The molecule has 148 valence electrons. The Morgan fingerprint density at radius 2 is 1.24 bits per heavy atom. The summed E-state index contributed by atoms with van der Waals surface area (Å²) in [5.74, 6) is -5.25. The van der Waals surface area contributed by atoms with E-state index in [1.165, 1.54) is 6.07 Å². The molecule has 0 saturated carbocycles. The Labute approximate surface area is 164 Å². The highest BCUT2D eigenvalue weighted by Crippen LogP contribution is 2.34. The molecule has 29 heavy (non-hydrogen) atoms. The second-order valence-electron chi connectivity index (χ2n) is 7.11. The average molecular weight is 400 g/mol. The second kappa shape index (κ2) is 7.47. The van der Waals surface area contributed by atoms with Gasteiger partial charge < -0.3 is 0 Å². The number of fused-ring (bicyclic) bond motifs is 3. The van der Waals surface area contributed by atoms with Gasteiger partial charge in [-0.1, -0.05) is 37.6 Å². The molecule has 0 amide bonds. The molecule has 0 saturated heterocycles. The second-order valence-corrected chi connectivity index (χ2v) is 7.11. The fraction of sp³-hybridized carbons (Fsp3) is 0.167. The molecule has 4 aromatic carbocycles. The molecule has 0 fully saturated rings. The van der Waals surface area contributed by atoms with Gasteiger partial charge in [-0.05, 0) is 64.6 Å². The molecule has 0 aliphatic rings. The van der Waals surface area contributed by atoms with Crippen LogP contribution in [-0.4, -0.2) is 0 Å². The topological polar surface area (TPSA) is 0 Å². The van der Waals surface area contributed by atoms with Gasteiger partial charge in [0.2, 0.25) is 0 Å². The molecule has 0 N–H and O–H groups in total. The highest BCUT2D eigenvalue weighted by Gasteiger charge is 2.15. The largest absolute Gasteiger partial charge is 0.206 e. The summed E-state index contributed by atoms with van der Waals surface area (Å²) in [4.78, 5) is 0. The monoisotopic (exact) mass is 400 g/mol. The summed E-state index contributed by atoms with van der Waals surface area (Å²) in [6, 6.07) is 10.9. The van der Waals surface area contributed by atoms with Gasteiger partial charge in [-0.2, -0.15) is 0 Å². The molecule has 0 aromatic heterocycles. The van der Waals surface area contributed by atoms with Crippen LogP contribution in [0.2, 0.25) is 0 Å². The van der Waals surface area contributed by atoms with Gasteiger partial charge in [0, 0.05) is 10.8 Å². The Balaban J connectivity index is 1.90. The van der Waals surface area contributed by atoms with Crippen LogP contribution in [0.3, 0.4) is 0 Å². The van der Waals surface area contributed by atoms with Gasteiger partial charge in [0.15, 0.2) is 17.5 Å². The minimum absolute atomic E-state index is 0.0869. The Morgan fingerprint density at radius 3 is 1.93 bits per heavy atom. The number of hydrogen-bond donors (Lipinski definition) is 0. The molecule has 0 heterocycles. The third-order valence-corrected chi connectivity index (χ3v) is 5.21. The van der Waals surface area contributed by atoms with Gasteiger partial charge in [-0.3, -0.25) is 0 Å². The van der Waals surface area contributed by atoms with Crippen molar-refractivity contribution in [3.63, 3.8) is 0 Å². The van der Waals surface area contributed by atoms with Crippen LogP contribution in [0.1, 0.15) is 25.3 Å². The lowest BCUT2D eigenvalue weighted by molar-refractivity contribution is 0.448. The number of hydrogen-bond acceptors (Lipinski definition) is 0. The molecule has 4 aromatic rings. The third-order valence-electron chi connectivity index (χ3n) is 5.21. The zero-order chi connectivity index (χ0) is 20.7. The van der Waals surface area contributed by atoms with Crippen molar-refractivity contribution in [2.45, 2.75) is 26.2 Å². The first kappa shape index (κ1) is 19.4. The van der Waals surface area contributed by atoms with Crippen molar-refractivity contribution in [1.29, 1.82) is 0 Å². The van der Waals surface area contributed by atoms with Crippen molar-refractivity contribution in [3.05, 3.63) is 83.2 Å². The maximum Gasteiger partial charge on any atom is 0.194 e. The van der Waals surface area contributed by atoms with Crippen LogP contribution >= 0.6 is 0 Å². The number of halogens is 5. The van der Waals surface area contributed by atoms with E-state index in [-0.39, 0.29) is 16.3 Å². The quantitative estimate of drug-likeness (QED) is 0.187. The minimum atomic E-state index is -1.55. The van der Waals surface area contributed by atoms with Crippen molar-refractivity contribution in [2.75, 3.05) is 0 Å². The summed E-state index contributed by atoms with van der Waals surface area (Å²) in [7, 11) is 0. The van der Waals surface area contributed by atoms with E-state index < -0.39 is 29.1 Å². The van der Waals surface area contributed by atoms with Crippen LogP contribution in [0.25, 0.3) is 32.7 Å². The molecule has 5 heteroatoms. The Hall–Kier alpha value is -2.95. The Kier molecular flexibility index (Phi) is 4.99. The summed E-state index contributed by atoms with van der Waals surface area (Å²) < 4.78 is 70.1. The van der Waals surface area contributed by atoms with Crippen molar-refractivity contribution in [3.8, 4) is 11.1 Å². The first-order chi connectivity index (χ1) is 13.9. The molecule has 0 radical (unpaired) electrons. The lowest BCUT2D eigenvalue weighted by Crippen LogP contribution is -1.95.